The van der Waals surface area contributed by atoms with Gasteiger partial charge in [0.15, 0.2) is 11.6 Å². The molecule has 37 heavy (non-hydrogen) atoms. The molecule has 2 aliphatic heterocycles. The molecule has 2 N–H and O–H groups in total. The van der Waals surface area contributed by atoms with Crippen LogP contribution in [0.1, 0.15) is 46.0 Å². The highest BCUT2D eigenvalue weighted by atomic mass is 19.2. The van der Waals surface area contributed by atoms with Gasteiger partial charge in [0.1, 0.15) is 24.2 Å². The Morgan fingerprint density at radius 3 is 2.43 bits per heavy atom. The molecule has 2 amide bonds. The van der Waals surface area contributed by atoms with Gasteiger partial charge in [0.2, 0.25) is 11.7 Å². The number of allylic oxidation sites excluding steroid dienone is 1. The second kappa shape index (κ2) is 11.5. The van der Waals surface area contributed by atoms with E-state index in [2.05, 4.69) is 4.99 Å². The molecule has 0 aromatic heterocycles. The van der Waals surface area contributed by atoms with Gasteiger partial charge in [-0.05, 0) is 33.1 Å². The first-order valence-corrected chi connectivity index (χ1v) is 12.7. The SMILES string of the molecule is C[C@@H]1CN(C(=O)C(N)=C2CCCC2=NCC(=O)N2CCC(Oc3cc(F)cc(F)c3F)CC2)C[C@H](C)O1. The highest BCUT2D eigenvalue weighted by molar-refractivity contribution is 6.09. The normalized spacial score (nSPS) is 25.5. The lowest BCUT2D eigenvalue weighted by atomic mass is 10.1. The Hall–Kier alpha value is -3.08. The summed E-state index contributed by atoms with van der Waals surface area (Å²) in [5.41, 5.74) is 7.86. The number of ether oxygens (including phenoxy) is 2. The lowest BCUT2D eigenvalue weighted by Gasteiger charge is -2.35. The van der Waals surface area contributed by atoms with Crippen molar-refractivity contribution in [3.05, 3.63) is 40.9 Å². The van der Waals surface area contributed by atoms with E-state index in [9.17, 15) is 22.8 Å². The van der Waals surface area contributed by atoms with Gasteiger partial charge in [-0.15, -0.1) is 0 Å². The van der Waals surface area contributed by atoms with E-state index >= 15 is 0 Å². The van der Waals surface area contributed by atoms with Crippen LogP contribution in [0.4, 0.5) is 13.2 Å². The number of aliphatic imine (C=N–C) groups is 1. The maximum Gasteiger partial charge on any atom is 0.270 e. The summed E-state index contributed by atoms with van der Waals surface area (Å²) in [6.45, 7) is 5.42. The van der Waals surface area contributed by atoms with Crippen molar-refractivity contribution in [2.75, 3.05) is 32.7 Å². The number of nitrogens with zero attached hydrogens (tertiary/aromatic N) is 3. The average Bonchev–Trinajstić information content (AvgIpc) is 3.33. The Bertz CT molecular complexity index is 1090. The molecule has 0 radical (unpaired) electrons. The lowest BCUT2D eigenvalue weighted by Crippen LogP contribution is -2.49. The van der Waals surface area contributed by atoms with Crippen LogP contribution >= 0.6 is 0 Å². The number of morpholine rings is 1. The van der Waals surface area contributed by atoms with Gasteiger partial charge in [-0.3, -0.25) is 14.6 Å². The maximum absolute atomic E-state index is 13.9. The number of carbonyl (C=O) groups excluding carboxylic acids is 2. The molecular weight excluding hydrogens is 489 g/mol. The Kier molecular flexibility index (Phi) is 8.41. The maximum atomic E-state index is 13.9. The number of benzene rings is 1. The minimum absolute atomic E-state index is 0.0663. The van der Waals surface area contributed by atoms with Crippen molar-refractivity contribution in [3.8, 4) is 5.75 Å². The highest BCUT2D eigenvalue weighted by Gasteiger charge is 2.31. The lowest BCUT2D eigenvalue weighted by molar-refractivity contribution is -0.139. The van der Waals surface area contributed by atoms with E-state index in [1.165, 1.54) is 0 Å². The number of nitrogens with two attached hydrogens (primary N) is 1. The zero-order valence-corrected chi connectivity index (χ0v) is 21.1. The summed E-state index contributed by atoms with van der Waals surface area (Å²) >= 11 is 0. The summed E-state index contributed by atoms with van der Waals surface area (Å²) in [5, 5.41) is 0. The summed E-state index contributed by atoms with van der Waals surface area (Å²) in [6.07, 6.45) is 2.29. The number of carbonyl (C=O) groups is 2. The molecule has 1 aliphatic carbocycles. The fraction of sp³-hybridized carbons (Fsp3) is 0.577. The van der Waals surface area contributed by atoms with Gasteiger partial charge in [0.05, 0.1) is 12.2 Å². The van der Waals surface area contributed by atoms with Crippen molar-refractivity contribution in [1.29, 1.82) is 0 Å². The first kappa shape index (κ1) is 27.0. The summed E-state index contributed by atoms with van der Waals surface area (Å²) < 4.78 is 51.9. The fourth-order valence-electron chi connectivity index (χ4n) is 5.12. The van der Waals surface area contributed by atoms with E-state index in [4.69, 9.17) is 15.2 Å². The number of amides is 2. The summed E-state index contributed by atoms with van der Waals surface area (Å²) in [5.74, 6) is -4.33. The zero-order valence-electron chi connectivity index (χ0n) is 21.1. The van der Waals surface area contributed by atoms with Gasteiger partial charge < -0.3 is 25.0 Å². The van der Waals surface area contributed by atoms with Gasteiger partial charge in [0.25, 0.3) is 5.91 Å². The quantitative estimate of drug-likeness (QED) is 0.474. The Balaban J connectivity index is 1.32. The topological polar surface area (TPSA) is 97.5 Å². The largest absolute Gasteiger partial charge is 0.487 e. The number of halogens is 3. The summed E-state index contributed by atoms with van der Waals surface area (Å²) in [4.78, 5) is 33.6. The number of hydrogen-bond donors (Lipinski definition) is 1. The number of rotatable bonds is 5. The van der Waals surface area contributed by atoms with Crippen LogP contribution in [-0.2, 0) is 14.3 Å². The molecule has 3 aliphatic rings. The molecule has 202 valence electrons. The van der Waals surface area contributed by atoms with Crippen molar-refractivity contribution in [2.24, 2.45) is 10.7 Å². The second-order valence-electron chi connectivity index (χ2n) is 9.87. The predicted molar refractivity (Wildman–Crippen MR) is 131 cm³/mol. The van der Waals surface area contributed by atoms with Crippen LogP contribution in [0.25, 0.3) is 0 Å². The van der Waals surface area contributed by atoms with Crippen molar-refractivity contribution < 1.29 is 32.2 Å². The first-order chi connectivity index (χ1) is 17.6. The molecular formula is C26H33F3N4O4. The number of hydrogen-bond acceptors (Lipinski definition) is 6. The number of piperidine rings is 1. The van der Waals surface area contributed by atoms with Crippen LogP contribution in [0.5, 0.6) is 5.75 Å². The minimum Gasteiger partial charge on any atom is -0.487 e. The molecule has 11 heteroatoms. The second-order valence-corrected chi connectivity index (χ2v) is 9.87. The molecule has 8 nitrogen and oxygen atoms in total. The third-order valence-corrected chi connectivity index (χ3v) is 6.90. The van der Waals surface area contributed by atoms with Crippen LogP contribution < -0.4 is 10.5 Å². The van der Waals surface area contributed by atoms with Crippen LogP contribution in [0.3, 0.4) is 0 Å². The molecule has 2 heterocycles. The molecule has 2 atom stereocenters. The van der Waals surface area contributed by atoms with Crippen molar-refractivity contribution in [3.63, 3.8) is 0 Å². The first-order valence-electron chi connectivity index (χ1n) is 12.7. The minimum atomic E-state index is -1.31. The van der Waals surface area contributed by atoms with Crippen LogP contribution in [0.15, 0.2) is 28.4 Å². The van der Waals surface area contributed by atoms with Gasteiger partial charge in [0, 0.05) is 62.4 Å². The fourth-order valence-corrected chi connectivity index (χ4v) is 5.12. The Morgan fingerprint density at radius 2 is 1.76 bits per heavy atom. The molecule has 0 bridgehead atoms. The molecule has 1 aromatic carbocycles. The molecule has 2 saturated heterocycles. The smallest absolute Gasteiger partial charge is 0.270 e. The molecule has 3 fully saturated rings. The van der Waals surface area contributed by atoms with Crippen LogP contribution in [0.2, 0.25) is 0 Å². The molecule has 1 saturated carbocycles. The molecule has 0 unspecified atom stereocenters. The third kappa shape index (κ3) is 6.44. The third-order valence-electron chi connectivity index (χ3n) is 6.90. The summed E-state index contributed by atoms with van der Waals surface area (Å²) in [7, 11) is 0. The van der Waals surface area contributed by atoms with Gasteiger partial charge in [-0.25, -0.2) is 8.78 Å². The van der Waals surface area contributed by atoms with Crippen molar-refractivity contribution >= 4 is 17.5 Å². The van der Waals surface area contributed by atoms with Gasteiger partial charge in [-0.1, -0.05) is 0 Å². The molecule has 1 aromatic rings. The highest BCUT2D eigenvalue weighted by Crippen LogP contribution is 2.27. The van der Waals surface area contributed by atoms with Crippen molar-refractivity contribution in [2.45, 2.75) is 64.3 Å². The Labute approximate surface area is 214 Å². The van der Waals surface area contributed by atoms with E-state index in [0.717, 1.165) is 12.5 Å². The zero-order chi connectivity index (χ0) is 26.7. The van der Waals surface area contributed by atoms with Gasteiger partial charge in [-0.2, -0.15) is 4.39 Å². The molecule has 4 rings (SSSR count). The standard InChI is InChI=1S/C26H33F3N4O4/c1-15-13-33(14-16(2)36-15)26(35)25(30)19-4-3-5-21(19)31-12-23(34)32-8-6-18(7-9-32)37-22-11-17(27)10-20(28)24(22)29/h10-11,15-16,18H,3-9,12-14,30H2,1-2H3/t15-,16+. The van der Waals surface area contributed by atoms with E-state index in [1.807, 2.05) is 13.8 Å². The summed E-state index contributed by atoms with van der Waals surface area (Å²) in [6, 6.07) is 1.28. The van der Waals surface area contributed by atoms with E-state index in [0.29, 0.717) is 69.2 Å². The Morgan fingerprint density at radius 1 is 1.08 bits per heavy atom. The van der Waals surface area contributed by atoms with E-state index in [1.54, 1.807) is 9.80 Å². The average molecular weight is 523 g/mol. The van der Waals surface area contributed by atoms with Crippen molar-refractivity contribution in [1.82, 2.24) is 9.80 Å². The molecule has 0 spiro atoms. The van der Waals surface area contributed by atoms with E-state index in [-0.39, 0.29) is 36.3 Å². The van der Waals surface area contributed by atoms with E-state index < -0.39 is 29.3 Å². The van der Waals surface area contributed by atoms with Crippen LogP contribution in [-0.4, -0.2) is 78.4 Å². The monoisotopic (exact) mass is 522 g/mol. The predicted octanol–water partition coefficient (Wildman–Crippen LogP) is 2.95. The number of likely N-dealkylation sites (tertiary alicyclic amines) is 1. The van der Waals surface area contributed by atoms with Crippen LogP contribution in [0, 0.1) is 17.5 Å². The van der Waals surface area contributed by atoms with Gasteiger partial charge >= 0.3 is 0 Å².